The van der Waals surface area contributed by atoms with E-state index in [0.717, 1.165) is 35.8 Å². The molecule has 0 saturated carbocycles. The standard InChI is InChI=1S/C14H18ClN3/c1-2-8-18-9-7-17-14(18)10-13(16)11-3-5-12(15)6-4-11/h3-7,9,13H,2,8,10,16H2,1H3. The number of benzene rings is 1. The Morgan fingerprint density at radius 2 is 2.06 bits per heavy atom. The minimum absolute atomic E-state index is 0.0414. The van der Waals surface area contributed by atoms with Crippen molar-refractivity contribution in [3.63, 3.8) is 0 Å². The molecule has 2 rings (SSSR count). The number of halogens is 1. The minimum atomic E-state index is -0.0414. The first-order valence-corrected chi connectivity index (χ1v) is 6.59. The summed E-state index contributed by atoms with van der Waals surface area (Å²) >= 11 is 5.87. The van der Waals surface area contributed by atoms with Crippen LogP contribution in [0.5, 0.6) is 0 Å². The maximum Gasteiger partial charge on any atom is 0.110 e. The number of imidazole rings is 1. The molecule has 0 spiro atoms. The smallest absolute Gasteiger partial charge is 0.110 e. The van der Waals surface area contributed by atoms with Gasteiger partial charge in [0.05, 0.1) is 0 Å². The van der Waals surface area contributed by atoms with Crippen LogP contribution in [0.2, 0.25) is 5.02 Å². The number of aromatic nitrogens is 2. The molecular formula is C14H18ClN3. The second kappa shape index (κ2) is 6.03. The van der Waals surface area contributed by atoms with E-state index in [0.29, 0.717) is 0 Å². The Hall–Kier alpha value is -1.32. The van der Waals surface area contributed by atoms with Crippen molar-refractivity contribution in [2.24, 2.45) is 5.73 Å². The van der Waals surface area contributed by atoms with Crippen molar-refractivity contribution in [1.29, 1.82) is 0 Å². The van der Waals surface area contributed by atoms with Gasteiger partial charge in [0.15, 0.2) is 0 Å². The zero-order chi connectivity index (χ0) is 13.0. The third-order valence-electron chi connectivity index (χ3n) is 2.97. The van der Waals surface area contributed by atoms with Crippen LogP contribution in [0.4, 0.5) is 0 Å². The summed E-state index contributed by atoms with van der Waals surface area (Å²) in [6, 6.07) is 7.64. The van der Waals surface area contributed by atoms with E-state index in [1.807, 2.05) is 36.7 Å². The highest BCUT2D eigenvalue weighted by atomic mass is 35.5. The summed E-state index contributed by atoms with van der Waals surface area (Å²) in [4.78, 5) is 4.37. The Morgan fingerprint density at radius 1 is 1.33 bits per heavy atom. The molecule has 18 heavy (non-hydrogen) atoms. The van der Waals surface area contributed by atoms with Crippen molar-refractivity contribution in [3.8, 4) is 0 Å². The molecule has 1 aromatic heterocycles. The highest BCUT2D eigenvalue weighted by Crippen LogP contribution is 2.18. The third-order valence-corrected chi connectivity index (χ3v) is 3.22. The SMILES string of the molecule is CCCn1ccnc1CC(N)c1ccc(Cl)cc1. The van der Waals surface area contributed by atoms with Crippen molar-refractivity contribution in [1.82, 2.24) is 9.55 Å². The van der Waals surface area contributed by atoms with Gasteiger partial charge in [0.25, 0.3) is 0 Å². The fourth-order valence-corrected chi connectivity index (χ4v) is 2.13. The second-order valence-corrected chi connectivity index (χ2v) is 4.84. The quantitative estimate of drug-likeness (QED) is 0.900. The minimum Gasteiger partial charge on any atom is -0.335 e. The molecule has 0 aliphatic rings. The molecule has 2 aromatic rings. The molecule has 1 aromatic carbocycles. The van der Waals surface area contributed by atoms with E-state index in [2.05, 4.69) is 16.5 Å². The monoisotopic (exact) mass is 263 g/mol. The van der Waals surface area contributed by atoms with Crippen LogP contribution in [-0.2, 0) is 13.0 Å². The van der Waals surface area contributed by atoms with E-state index >= 15 is 0 Å². The number of hydrogen-bond acceptors (Lipinski definition) is 2. The highest BCUT2D eigenvalue weighted by molar-refractivity contribution is 6.30. The summed E-state index contributed by atoms with van der Waals surface area (Å²) < 4.78 is 2.16. The van der Waals surface area contributed by atoms with Gasteiger partial charge in [-0.25, -0.2) is 4.98 Å². The predicted molar refractivity (Wildman–Crippen MR) is 74.6 cm³/mol. The van der Waals surface area contributed by atoms with Crippen molar-refractivity contribution in [3.05, 3.63) is 53.1 Å². The van der Waals surface area contributed by atoms with Gasteiger partial charge in [-0.3, -0.25) is 0 Å². The van der Waals surface area contributed by atoms with Gasteiger partial charge >= 0.3 is 0 Å². The van der Waals surface area contributed by atoms with Gasteiger partial charge < -0.3 is 10.3 Å². The molecule has 1 heterocycles. The Kier molecular flexibility index (Phi) is 4.39. The molecule has 0 aliphatic heterocycles. The number of nitrogens with zero attached hydrogens (tertiary/aromatic N) is 2. The number of aryl methyl sites for hydroxylation is 1. The summed E-state index contributed by atoms with van der Waals surface area (Å²) in [5, 5.41) is 0.735. The molecular weight excluding hydrogens is 246 g/mol. The lowest BCUT2D eigenvalue weighted by Gasteiger charge is -2.13. The predicted octanol–water partition coefficient (Wildman–Crippen LogP) is 3.19. The van der Waals surface area contributed by atoms with E-state index < -0.39 is 0 Å². The maximum atomic E-state index is 6.20. The third kappa shape index (κ3) is 3.12. The summed E-state index contributed by atoms with van der Waals surface area (Å²) in [6.07, 6.45) is 5.68. The van der Waals surface area contributed by atoms with Gasteiger partial charge in [-0.15, -0.1) is 0 Å². The lowest BCUT2D eigenvalue weighted by molar-refractivity contribution is 0.599. The van der Waals surface area contributed by atoms with Crippen LogP contribution in [0.15, 0.2) is 36.7 Å². The molecule has 0 fully saturated rings. The summed E-state index contributed by atoms with van der Waals surface area (Å²) in [7, 11) is 0. The zero-order valence-corrected chi connectivity index (χ0v) is 11.3. The van der Waals surface area contributed by atoms with E-state index in [1.165, 1.54) is 0 Å². The number of rotatable bonds is 5. The van der Waals surface area contributed by atoms with E-state index in [4.69, 9.17) is 17.3 Å². The van der Waals surface area contributed by atoms with Crippen molar-refractivity contribution in [2.45, 2.75) is 32.4 Å². The summed E-state index contributed by atoms with van der Waals surface area (Å²) in [5.74, 6) is 1.04. The Bertz CT molecular complexity index is 490. The van der Waals surface area contributed by atoms with Gasteiger partial charge in [0.1, 0.15) is 5.82 Å². The molecule has 2 N–H and O–H groups in total. The number of nitrogens with two attached hydrogens (primary N) is 1. The van der Waals surface area contributed by atoms with Crippen LogP contribution >= 0.6 is 11.6 Å². The fourth-order valence-electron chi connectivity index (χ4n) is 2.00. The Labute approximate surface area is 113 Å². The first-order chi connectivity index (χ1) is 8.70. The van der Waals surface area contributed by atoms with Crippen LogP contribution in [0.3, 0.4) is 0 Å². The Balaban J connectivity index is 2.08. The van der Waals surface area contributed by atoms with Crippen LogP contribution in [0.25, 0.3) is 0 Å². The fraction of sp³-hybridized carbons (Fsp3) is 0.357. The van der Waals surface area contributed by atoms with E-state index in [-0.39, 0.29) is 6.04 Å². The molecule has 0 saturated heterocycles. The second-order valence-electron chi connectivity index (χ2n) is 4.40. The molecule has 1 unspecified atom stereocenters. The largest absolute Gasteiger partial charge is 0.335 e. The molecule has 4 heteroatoms. The molecule has 0 radical (unpaired) electrons. The van der Waals surface area contributed by atoms with E-state index in [1.54, 1.807) is 0 Å². The topological polar surface area (TPSA) is 43.8 Å². The Morgan fingerprint density at radius 3 is 2.72 bits per heavy atom. The van der Waals surface area contributed by atoms with Crippen molar-refractivity contribution < 1.29 is 0 Å². The van der Waals surface area contributed by atoms with Gasteiger partial charge in [0.2, 0.25) is 0 Å². The lowest BCUT2D eigenvalue weighted by atomic mass is 10.0. The summed E-state index contributed by atoms with van der Waals surface area (Å²) in [6.45, 7) is 3.14. The maximum absolute atomic E-state index is 6.20. The number of hydrogen-bond donors (Lipinski definition) is 1. The molecule has 0 aliphatic carbocycles. The molecule has 3 nitrogen and oxygen atoms in total. The molecule has 1 atom stereocenters. The highest BCUT2D eigenvalue weighted by Gasteiger charge is 2.10. The van der Waals surface area contributed by atoms with Crippen LogP contribution < -0.4 is 5.73 Å². The first kappa shape index (κ1) is 13.1. The van der Waals surface area contributed by atoms with Crippen molar-refractivity contribution in [2.75, 3.05) is 0 Å². The van der Waals surface area contributed by atoms with Crippen LogP contribution in [-0.4, -0.2) is 9.55 Å². The van der Waals surface area contributed by atoms with Gasteiger partial charge in [-0.05, 0) is 24.1 Å². The van der Waals surface area contributed by atoms with Crippen molar-refractivity contribution >= 4 is 11.6 Å². The van der Waals surface area contributed by atoms with Gasteiger partial charge in [-0.1, -0.05) is 30.7 Å². The molecule has 96 valence electrons. The zero-order valence-electron chi connectivity index (χ0n) is 10.5. The average molecular weight is 264 g/mol. The molecule has 0 amide bonds. The van der Waals surface area contributed by atoms with Gasteiger partial charge in [0, 0.05) is 36.4 Å². The van der Waals surface area contributed by atoms with Crippen LogP contribution in [0.1, 0.15) is 30.8 Å². The summed E-state index contributed by atoms with van der Waals surface area (Å²) in [5.41, 5.74) is 7.29. The van der Waals surface area contributed by atoms with Crippen LogP contribution in [0, 0.1) is 0 Å². The lowest BCUT2D eigenvalue weighted by Crippen LogP contribution is -2.16. The van der Waals surface area contributed by atoms with Gasteiger partial charge in [-0.2, -0.15) is 0 Å². The first-order valence-electron chi connectivity index (χ1n) is 6.21. The van der Waals surface area contributed by atoms with E-state index in [9.17, 15) is 0 Å². The molecule has 0 bridgehead atoms. The average Bonchev–Trinajstić information content (AvgIpc) is 2.78. The normalized spacial score (nSPS) is 12.6.